The first-order chi connectivity index (χ1) is 25.9. The summed E-state index contributed by atoms with van der Waals surface area (Å²) in [5.41, 5.74) is 2.44. The van der Waals surface area contributed by atoms with Gasteiger partial charge < -0.3 is 19.4 Å². The van der Waals surface area contributed by atoms with Gasteiger partial charge in [0.1, 0.15) is 13.2 Å². The van der Waals surface area contributed by atoms with Gasteiger partial charge in [0.25, 0.3) is 9.84 Å². The zero-order valence-electron chi connectivity index (χ0n) is 31.0. The number of esters is 2. The number of nitrogens with zero attached hydrogens (tertiary/aromatic N) is 5. The second kappa shape index (κ2) is 18.5. The predicted octanol–water partition coefficient (Wildman–Crippen LogP) is 5.11. The minimum absolute atomic E-state index is 0.000739. The van der Waals surface area contributed by atoms with Crippen molar-refractivity contribution in [3.63, 3.8) is 0 Å². The SMILES string of the molecule is C=C[C@]1(C)CC[C@@H](C(=C)Cn2cccn2)C[C@H]1C(=C)CN1CCC(COC(=O)CCCC(=O)OCCOc2no[n+]([O-])c2S(=O)(=O)c2ccccc2)CC1. The Labute approximate surface area is 316 Å². The van der Waals surface area contributed by atoms with Gasteiger partial charge in [-0.25, -0.2) is 8.42 Å². The van der Waals surface area contributed by atoms with Crippen molar-refractivity contribution in [2.24, 2.45) is 23.2 Å². The van der Waals surface area contributed by atoms with Crippen LogP contribution in [0.3, 0.4) is 0 Å². The van der Waals surface area contributed by atoms with Crippen LogP contribution in [0.5, 0.6) is 5.88 Å². The van der Waals surface area contributed by atoms with Crippen LogP contribution in [0.4, 0.5) is 0 Å². The highest BCUT2D eigenvalue weighted by Crippen LogP contribution is 2.49. The molecular formula is C39H51N5O9S. The Bertz CT molecular complexity index is 1850. The molecule has 0 bridgehead atoms. The molecule has 3 atom stereocenters. The van der Waals surface area contributed by atoms with E-state index in [2.05, 4.69) is 52.5 Å². The number of rotatable bonds is 19. The fourth-order valence-corrected chi connectivity index (χ4v) is 8.58. The van der Waals surface area contributed by atoms with Crippen molar-refractivity contribution in [2.75, 3.05) is 39.5 Å². The number of carbonyl (C=O) groups excluding carboxylic acids is 2. The Hall–Kier alpha value is -4.76. The van der Waals surface area contributed by atoms with Gasteiger partial charge in [0.15, 0.2) is 0 Å². The molecule has 0 N–H and O–H groups in total. The molecule has 1 aromatic carbocycles. The summed E-state index contributed by atoms with van der Waals surface area (Å²) in [6.45, 7) is 18.7. The third kappa shape index (κ3) is 10.5. The van der Waals surface area contributed by atoms with Crippen LogP contribution >= 0.6 is 0 Å². The van der Waals surface area contributed by atoms with E-state index < -0.39 is 26.7 Å². The largest absolute Gasteiger partial charge is 0.465 e. The lowest BCUT2D eigenvalue weighted by Crippen LogP contribution is -2.41. The molecule has 3 heterocycles. The average Bonchev–Trinajstić information content (AvgIpc) is 3.83. The molecule has 54 heavy (non-hydrogen) atoms. The number of likely N-dealkylation sites (tertiary alicyclic amines) is 1. The second-order valence-electron chi connectivity index (χ2n) is 14.4. The number of sulfone groups is 1. The van der Waals surface area contributed by atoms with Gasteiger partial charge in [0.05, 0.1) is 23.2 Å². The highest BCUT2D eigenvalue weighted by Gasteiger charge is 2.40. The minimum Gasteiger partial charge on any atom is -0.465 e. The van der Waals surface area contributed by atoms with E-state index in [1.54, 1.807) is 12.3 Å². The molecule has 0 radical (unpaired) electrons. The third-order valence-corrected chi connectivity index (χ3v) is 12.3. The van der Waals surface area contributed by atoms with E-state index in [0.29, 0.717) is 18.4 Å². The standard InChI is InChI=1S/C39H51N5O9S/c1-5-39(4)18-15-32(29(2)27-43-20-10-19-40-43)25-34(39)30(3)26-42-21-16-31(17-22-42)28-52-36(46)14-9-13-35(45)50-23-24-51-37-38(44(47)53-41-37)54(48,49)33-11-7-6-8-12-33/h5-8,10-12,19-20,31-32,34H,1-3,9,13-18,21-28H2,4H3/t32-,34+,39-/m1/s1. The van der Waals surface area contributed by atoms with Crippen LogP contribution in [0.15, 0.2) is 100 Å². The molecule has 14 nitrogen and oxygen atoms in total. The first-order valence-electron chi connectivity index (χ1n) is 18.4. The van der Waals surface area contributed by atoms with Crippen LogP contribution in [-0.2, 0) is 35.4 Å². The number of hydrogen-bond acceptors (Lipinski definition) is 12. The quantitative estimate of drug-likeness (QED) is 0.0686. The van der Waals surface area contributed by atoms with Crippen molar-refractivity contribution in [2.45, 2.75) is 74.8 Å². The molecule has 15 heteroatoms. The van der Waals surface area contributed by atoms with E-state index in [4.69, 9.17) is 14.2 Å². The summed E-state index contributed by atoms with van der Waals surface area (Å²) in [6.07, 6.45) is 11.2. The van der Waals surface area contributed by atoms with Gasteiger partial charge in [-0.3, -0.25) is 23.8 Å². The van der Waals surface area contributed by atoms with E-state index in [9.17, 15) is 23.2 Å². The molecule has 0 amide bonds. The molecule has 0 unspecified atom stereocenters. The van der Waals surface area contributed by atoms with Crippen LogP contribution in [0.2, 0.25) is 0 Å². The Morgan fingerprint density at radius 3 is 2.44 bits per heavy atom. The summed E-state index contributed by atoms with van der Waals surface area (Å²) in [5, 5.41) is 18.9. The smallest absolute Gasteiger partial charge is 0.415 e. The lowest BCUT2D eigenvalue weighted by atomic mass is 9.61. The summed E-state index contributed by atoms with van der Waals surface area (Å²) < 4.78 is 48.0. The molecule has 292 valence electrons. The maximum Gasteiger partial charge on any atom is 0.415 e. The monoisotopic (exact) mass is 765 g/mol. The number of benzene rings is 1. The van der Waals surface area contributed by atoms with Crippen molar-refractivity contribution < 1.29 is 41.7 Å². The van der Waals surface area contributed by atoms with Gasteiger partial charge in [0.2, 0.25) is 0 Å². The normalized spacial score (nSPS) is 20.9. The fourth-order valence-electron chi connectivity index (χ4n) is 7.29. The van der Waals surface area contributed by atoms with Gasteiger partial charge in [-0.15, -0.1) is 6.58 Å². The van der Waals surface area contributed by atoms with Crippen LogP contribution in [0.25, 0.3) is 0 Å². The van der Waals surface area contributed by atoms with Crippen molar-refractivity contribution in [3.05, 3.63) is 91.0 Å². The van der Waals surface area contributed by atoms with Crippen LogP contribution in [0.1, 0.15) is 58.3 Å². The summed E-state index contributed by atoms with van der Waals surface area (Å²) in [4.78, 5) is 26.7. The first-order valence-corrected chi connectivity index (χ1v) is 19.9. The molecule has 1 aliphatic carbocycles. The summed E-state index contributed by atoms with van der Waals surface area (Å²) in [7, 11) is -4.26. The van der Waals surface area contributed by atoms with E-state index in [0.717, 1.165) is 58.3 Å². The molecule has 1 saturated carbocycles. The third-order valence-electron chi connectivity index (χ3n) is 10.6. The zero-order valence-corrected chi connectivity index (χ0v) is 31.8. The molecule has 2 aromatic heterocycles. The zero-order chi connectivity index (χ0) is 38.7. The van der Waals surface area contributed by atoms with Crippen molar-refractivity contribution in [1.82, 2.24) is 19.8 Å². The van der Waals surface area contributed by atoms with Crippen molar-refractivity contribution in [3.8, 4) is 5.88 Å². The lowest BCUT2D eigenvalue weighted by molar-refractivity contribution is -0.832. The van der Waals surface area contributed by atoms with Gasteiger partial charge in [-0.1, -0.05) is 55.5 Å². The topological polar surface area (TPSA) is 170 Å². The molecule has 1 aliphatic heterocycles. The maximum atomic E-state index is 12.8. The fraction of sp³-hybridized carbons (Fsp3) is 0.513. The van der Waals surface area contributed by atoms with Gasteiger partial charge in [-0.2, -0.15) is 5.10 Å². The molecule has 1 saturated heterocycles. The van der Waals surface area contributed by atoms with Gasteiger partial charge >= 0.3 is 22.8 Å². The number of carbonyl (C=O) groups is 2. The van der Waals surface area contributed by atoms with Gasteiger partial charge in [0, 0.05) is 31.8 Å². The van der Waals surface area contributed by atoms with E-state index in [1.165, 1.54) is 35.4 Å². The Kier molecular flexibility index (Phi) is 13.9. The lowest BCUT2D eigenvalue weighted by Gasteiger charge is -2.45. The highest BCUT2D eigenvalue weighted by molar-refractivity contribution is 7.91. The Balaban J connectivity index is 0.950. The number of piperidine rings is 1. The number of aromatic nitrogens is 4. The highest BCUT2D eigenvalue weighted by atomic mass is 32.2. The molecule has 5 rings (SSSR count). The van der Waals surface area contributed by atoms with Crippen LogP contribution in [-0.4, -0.2) is 79.6 Å². The molecule has 2 aliphatic rings. The summed E-state index contributed by atoms with van der Waals surface area (Å²) in [5.74, 6) is -0.463. The number of ether oxygens (including phenoxy) is 3. The van der Waals surface area contributed by atoms with Crippen molar-refractivity contribution >= 4 is 21.8 Å². The second-order valence-corrected chi connectivity index (χ2v) is 16.3. The Morgan fingerprint density at radius 1 is 1.04 bits per heavy atom. The van der Waals surface area contributed by atoms with Crippen LogP contribution < -0.4 is 9.64 Å². The number of allylic oxidation sites excluding steroid dienone is 2. The summed E-state index contributed by atoms with van der Waals surface area (Å²) >= 11 is 0. The molecule has 0 spiro atoms. The summed E-state index contributed by atoms with van der Waals surface area (Å²) in [6, 6.07) is 9.22. The Morgan fingerprint density at radius 2 is 1.76 bits per heavy atom. The number of hydrogen-bond donors (Lipinski definition) is 0. The molecule has 2 fully saturated rings. The average molecular weight is 766 g/mol. The van der Waals surface area contributed by atoms with Gasteiger partial charge in [-0.05, 0) is 97.9 Å². The van der Waals surface area contributed by atoms with E-state index in [1.807, 2.05) is 16.9 Å². The maximum absolute atomic E-state index is 12.8. The first kappa shape index (κ1) is 40.4. The predicted molar refractivity (Wildman–Crippen MR) is 197 cm³/mol. The van der Waals surface area contributed by atoms with E-state index in [-0.39, 0.29) is 59.6 Å². The van der Waals surface area contributed by atoms with E-state index >= 15 is 0 Å². The molecular weight excluding hydrogens is 715 g/mol. The minimum atomic E-state index is -4.26. The van der Waals surface area contributed by atoms with Crippen LogP contribution in [0, 0.1) is 28.4 Å². The van der Waals surface area contributed by atoms with Crippen molar-refractivity contribution in [1.29, 1.82) is 0 Å². The molecule has 3 aromatic rings.